The van der Waals surface area contributed by atoms with Crippen LogP contribution in [0, 0.1) is 25.2 Å². The second kappa shape index (κ2) is 6.43. The van der Waals surface area contributed by atoms with Gasteiger partial charge in [0.25, 0.3) is 0 Å². The molecule has 2 rings (SSSR count). The van der Waals surface area contributed by atoms with Gasteiger partial charge >= 0.3 is 0 Å². The van der Waals surface area contributed by atoms with Crippen molar-refractivity contribution in [3.05, 3.63) is 64.7 Å². The molecule has 1 N–H and O–H groups in total. The number of nitriles is 1. The molecule has 0 aromatic heterocycles. The Morgan fingerprint density at radius 1 is 1.10 bits per heavy atom. The first-order valence-corrected chi connectivity index (χ1v) is 6.97. The van der Waals surface area contributed by atoms with Crippen LogP contribution < -0.4 is 4.90 Å². The molecule has 0 fully saturated rings. The molecule has 0 aliphatic rings. The zero-order valence-corrected chi connectivity index (χ0v) is 12.7. The van der Waals surface area contributed by atoms with Crippen molar-refractivity contribution in [2.24, 2.45) is 0 Å². The minimum Gasteiger partial charge on any atom is -0.387 e. The lowest BCUT2D eigenvalue weighted by Gasteiger charge is -2.24. The summed E-state index contributed by atoms with van der Waals surface area (Å²) in [4.78, 5) is 2.04. The van der Waals surface area contributed by atoms with Crippen molar-refractivity contribution < 1.29 is 5.11 Å². The van der Waals surface area contributed by atoms with Gasteiger partial charge in [-0.2, -0.15) is 5.26 Å². The second-order valence-corrected chi connectivity index (χ2v) is 5.48. The van der Waals surface area contributed by atoms with E-state index in [-0.39, 0.29) is 0 Å². The third-order valence-corrected chi connectivity index (χ3v) is 3.52. The first-order valence-electron chi connectivity index (χ1n) is 6.97. The summed E-state index contributed by atoms with van der Waals surface area (Å²) in [5, 5.41) is 19.1. The Morgan fingerprint density at radius 3 is 2.19 bits per heavy atom. The zero-order valence-electron chi connectivity index (χ0n) is 12.7. The molecule has 0 aliphatic heterocycles. The Hall–Kier alpha value is -2.31. The zero-order chi connectivity index (χ0) is 15.4. The van der Waals surface area contributed by atoms with Crippen LogP contribution in [0.3, 0.4) is 0 Å². The highest BCUT2D eigenvalue weighted by atomic mass is 16.3. The molecular formula is C18H20N2O. The highest BCUT2D eigenvalue weighted by Crippen LogP contribution is 2.21. The van der Waals surface area contributed by atoms with E-state index < -0.39 is 6.10 Å². The molecule has 2 aromatic rings. The minimum absolute atomic E-state index is 0.509. The third-order valence-electron chi connectivity index (χ3n) is 3.52. The van der Waals surface area contributed by atoms with Gasteiger partial charge in [-0.15, -0.1) is 0 Å². The molecule has 0 amide bonds. The van der Waals surface area contributed by atoms with Gasteiger partial charge in [0.1, 0.15) is 0 Å². The van der Waals surface area contributed by atoms with Crippen LogP contribution in [0.25, 0.3) is 0 Å². The summed E-state index contributed by atoms with van der Waals surface area (Å²) in [7, 11) is 1.97. The molecule has 0 spiro atoms. The summed E-state index contributed by atoms with van der Waals surface area (Å²) >= 11 is 0. The van der Waals surface area contributed by atoms with E-state index in [0.29, 0.717) is 12.1 Å². The van der Waals surface area contributed by atoms with E-state index in [2.05, 4.69) is 38.1 Å². The van der Waals surface area contributed by atoms with Crippen molar-refractivity contribution in [1.82, 2.24) is 0 Å². The number of hydrogen-bond acceptors (Lipinski definition) is 3. The van der Waals surface area contributed by atoms with Crippen molar-refractivity contribution in [2.75, 3.05) is 18.5 Å². The van der Waals surface area contributed by atoms with Gasteiger partial charge in [0.05, 0.1) is 17.7 Å². The molecule has 0 saturated carbocycles. The van der Waals surface area contributed by atoms with E-state index in [9.17, 15) is 5.11 Å². The summed E-state index contributed by atoms with van der Waals surface area (Å²) < 4.78 is 0. The quantitative estimate of drug-likeness (QED) is 0.934. The first kappa shape index (κ1) is 15.1. The monoisotopic (exact) mass is 280 g/mol. The lowest BCUT2D eigenvalue weighted by atomic mass is 10.1. The maximum absolute atomic E-state index is 10.3. The van der Waals surface area contributed by atoms with Gasteiger partial charge < -0.3 is 10.0 Å². The number of aliphatic hydroxyl groups excluding tert-OH is 1. The van der Waals surface area contributed by atoms with Crippen LogP contribution in [0.15, 0.2) is 42.5 Å². The summed E-state index contributed by atoms with van der Waals surface area (Å²) in [6.07, 6.45) is -0.580. The summed E-state index contributed by atoms with van der Waals surface area (Å²) in [5.41, 5.74) is 4.95. The fourth-order valence-electron chi connectivity index (χ4n) is 2.42. The molecule has 0 aliphatic carbocycles. The Bertz CT molecular complexity index is 636. The Balaban J connectivity index is 2.10. The number of hydrogen-bond donors (Lipinski definition) is 1. The number of anilines is 1. The molecule has 3 heteroatoms. The van der Waals surface area contributed by atoms with Crippen LogP contribution in [-0.2, 0) is 0 Å². The number of benzene rings is 2. The van der Waals surface area contributed by atoms with Crippen LogP contribution in [0.4, 0.5) is 5.69 Å². The average molecular weight is 280 g/mol. The maximum Gasteiger partial charge on any atom is 0.0991 e. The Kier molecular flexibility index (Phi) is 4.62. The molecule has 0 saturated heterocycles. The van der Waals surface area contributed by atoms with Gasteiger partial charge in [0, 0.05) is 19.3 Å². The lowest BCUT2D eigenvalue weighted by molar-refractivity contribution is 0.185. The summed E-state index contributed by atoms with van der Waals surface area (Å²) in [6.45, 7) is 4.65. The van der Waals surface area contributed by atoms with Gasteiger partial charge in [-0.1, -0.05) is 18.2 Å². The van der Waals surface area contributed by atoms with Crippen molar-refractivity contribution in [1.29, 1.82) is 5.26 Å². The SMILES string of the molecule is Cc1cc(C)cc(N(C)CC(O)c2ccc(C#N)cc2)c1. The molecule has 2 aromatic carbocycles. The molecule has 0 bridgehead atoms. The van der Waals surface area contributed by atoms with Crippen LogP contribution in [0.5, 0.6) is 0 Å². The molecule has 1 atom stereocenters. The number of rotatable bonds is 4. The van der Waals surface area contributed by atoms with E-state index in [4.69, 9.17) is 5.26 Å². The molecule has 108 valence electrons. The summed E-state index contributed by atoms with van der Waals surface area (Å²) in [5.74, 6) is 0. The van der Waals surface area contributed by atoms with Crippen LogP contribution >= 0.6 is 0 Å². The number of aryl methyl sites for hydroxylation is 2. The smallest absolute Gasteiger partial charge is 0.0991 e. The van der Waals surface area contributed by atoms with E-state index in [0.717, 1.165) is 11.3 Å². The molecule has 3 nitrogen and oxygen atoms in total. The molecular weight excluding hydrogens is 260 g/mol. The minimum atomic E-state index is -0.580. The van der Waals surface area contributed by atoms with Gasteiger partial charge in [-0.05, 0) is 54.8 Å². The van der Waals surface area contributed by atoms with Crippen molar-refractivity contribution in [3.8, 4) is 6.07 Å². The molecule has 0 radical (unpaired) electrons. The fraction of sp³-hybridized carbons (Fsp3) is 0.278. The lowest BCUT2D eigenvalue weighted by Crippen LogP contribution is -2.24. The average Bonchev–Trinajstić information content (AvgIpc) is 2.46. The predicted molar refractivity (Wildman–Crippen MR) is 85.3 cm³/mol. The van der Waals surface area contributed by atoms with Gasteiger partial charge in [0.15, 0.2) is 0 Å². The second-order valence-electron chi connectivity index (χ2n) is 5.48. The van der Waals surface area contributed by atoms with Crippen LogP contribution in [0.1, 0.15) is 28.4 Å². The van der Waals surface area contributed by atoms with E-state index in [1.807, 2.05) is 11.9 Å². The van der Waals surface area contributed by atoms with Gasteiger partial charge in [0.2, 0.25) is 0 Å². The fourth-order valence-corrected chi connectivity index (χ4v) is 2.42. The molecule has 21 heavy (non-hydrogen) atoms. The topological polar surface area (TPSA) is 47.3 Å². The highest BCUT2D eigenvalue weighted by Gasteiger charge is 2.12. The number of aliphatic hydroxyl groups is 1. The first-order chi connectivity index (χ1) is 9.99. The molecule has 1 unspecified atom stereocenters. The summed E-state index contributed by atoms with van der Waals surface area (Å²) in [6, 6.07) is 15.5. The van der Waals surface area contributed by atoms with Crippen LogP contribution in [0.2, 0.25) is 0 Å². The predicted octanol–water partition coefficient (Wildman–Crippen LogP) is 3.34. The van der Waals surface area contributed by atoms with Gasteiger partial charge in [-0.3, -0.25) is 0 Å². The Morgan fingerprint density at radius 2 is 1.67 bits per heavy atom. The normalized spacial score (nSPS) is 11.8. The largest absolute Gasteiger partial charge is 0.387 e. The van der Waals surface area contributed by atoms with Gasteiger partial charge in [-0.25, -0.2) is 0 Å². The number of likely N-dealkylation sites (N-methyl/N-ethyl adjacent to an activating group) is 1. The maximum atomic E-state index is 10.3. The van der Waals surface area contributed by atoms with Crippen molar-refractivity contribution in [2.45, 2.75) is 20.0 Å². The van der Waals surface area contributed by atoms with Crippen LogP contribution in [-0.4, -0.2) is 18.7 Å². The molecule has 0 heterocycles. The third kappa shape index (κ3) is 3.84. The van der Waals surface area contributed by atoms with E-state index >= 15 is 0 Å². The van der Waals surface area contributed by atoms with E-state index in [1.165, 1.54) is 11.1 Å². The Labute approximate surface area is 126 Å². The number of nitrogens with zero attached hydrogens (tertiary/aromatic N) is 2. The van der Waals surface area contributed by atoms with Crippen molar-refractivity contribution >= 4 is 5.69 Å². The van der Waals surface area contributed by atoms with Crippen molar-refractivity contribution in [3.63, 3.8) is 0 Å². The standard InChI is InChI=1S/C18H20N2O/c1-13-8-14(2)10-17(9-13)20(3)12-18(21)16-6-4-15(11-19)5-7-16/h4-10,18,21H,12H2,1-3H3. The van der Waals surface area contributed by atoms with E-state index in [1.54, 1.807) is 24.3 Å². The highest BCUT2D eigenvalue weighted by molar-refractivity contribution is 5.50.